The van der Waals surface area contributed by atoms with Gasteiger partial charge in [-0.15, -0.1) is 0 Å². The molecule has 28 heavy (non-hydrogen) atoms. The van der Waals surface area contributed by atoms with Crippen LogP contribution in [-0.4, -0.2) is 52.5 Å². The number of rotatable bonds is 5. The molecule has 2 fully saturated rings. The zero-order chi connectivity index (χ0) is 19.1. The van der Waals surface area contributed by atoms with Gasteiger partial charge in [0.15, 0.2) is 0 Å². The number of nitrogens with zero attached hydrogens (tertiary/aromatic N) is 3. The second kappa shape index (κ2) is 7.07. The van der Waals surface area contributed by atoms with Crippen molar-refractivity contribution >= 4 is 27.6 Å². The summed E-state index contributed by atoms with van der Waals surface area (Å²) in [6, 6.07) is 16.8. The summed E-state index contributed by atoms with van der Waals surface area (Å²) in [5, 5.41) is 0.668. The molecule has 0 spiro atoms. The number of primary amides is 1. The summed E-state index contributed by atoms with van der Waals surface area (Å²) < 4.78 is 7.05. The Hall–Kier alpha value is -2.64. The molecule has 3 heterocycles. The fourth-order valence-corrected chi connectivity index (χ4v) is 5.12. The van der Waals surface area contributed by atoms with Crippen LogP contribution in [0.25, 0.3) is 10.2 Å². The van der Waals surface area contributed by atoms with Crippen molar-refractivity contribution in [3.8, 4) is 10.9 Å². The van der Waals surface area contributed by atoms with E-state index < -0.39 is 0 Å². The maximum absolute atomic E-state index is 11.4. The number of carbonyl (C=O) groups excluding carboxylic acids is 1. The first kappa shape index (κ1) is 17.5. The summed E-state index contributed by atoms with van der Waals surface area (Å²) in [7, 11) is 0. The van der Waals surface area contributed by atoms with Crippen molar-refractivity contribution in [2.45, 2.75) is 24.9 Å². The van der Waals surface area contributed by atoms with E-state index in [-0.39, 0.29) is 6.03 Å². The van der Waals surface area contributed by atoms with Crippen molar-refractivity contribution in [3.05, 3.63) is 54.1 Å². The number of fused-ring (bicyclic) bond motifs is 3. The highest BCUT2D eigenvalue weighted by Gasteiger charge is 2.44. The van der Waals surface area contributed by atoms with Crippen LogP contribution < -0.4 is 10.5 Å². The van der Waals surface area contributed by atoms with Gasteiger partial charge in [-0.3, -0.25) is 4.90 Å². The average molecular weight is 395 g/mol. The van der Waals surface area contributed by atoms with E-state index in [1.165, 1.54) is 5.56 Å². The fourth-order valence-electron chi connectivity index (χ4n) is 4.29. The Morgan fingerprint density at radius 2 is 1.96 bits per heavy atom. The van der Waals surface area contributed by atoms with Gasteiger partial charge >= 0.3 is 6.03 Å². The summed E-state index contributed by atoms with van der Waals surface area (Å²) in [5.41, 5.74) is 7.69. The van der Waals surface area contributed by atoms with Crippen LogP contribution in [0, 0.1) is 0 Å². The van der Waals surface area contributed by atoms with Crippen LogP contribution in [0.1, 0.15) is 12.0 Å². The quantitative estimate of drug-likeness (QED) is 0.719. The third-order valence-electron chi connectivity index (χ3n) is 5.73. The van der Waals surface area contributed by atoms with Crippen LogP contribution in [0.4, 0.5) is 4.79 Å². The molecule has 0 unspecified atom stereocenters. The molecule has 7 heteroatoms. The number of aromatic nitrogens is 1. The number of para-hydroxylation sites is 1. The predicted molar refractivity (Wildman–Crippen MR) is 110 cm³/mol. The number of amides is 2. The molecular formula is C21H22N4O2S. The van der Waals surface area contributed by atoms with Crippen molar-refractivity contribution in [1.82, 2.24) is 14.8 Å². The highest BCUT2D eigenvalue weighted by molar-refractivity contribution is 7.20. The molecular weight excluding hydrogens is 372 g/mol. The maximum Gasteiger partial charge on any atom is 0.315 e. The number of piperazine rings is 1. The number of likely N-dealkylation sites (tertiary alicyclic amines) is 2. The van der Waals surface area contributed by atoms with Gasteiger partial charge in [0.1, 0.15) is 5.75 Å². The van der Waals surface area contributed by atoms with Gasteiger partial charge in [-0.1, -0.05) is 35.6 Å². The van der Waals surface area contributed by atoms with Gasteiger partial charge in [0.25, 0.3) is 5.19 Å². The Kier molecular flexibility index (Phi) is 4.41. The van der Waals surface area contributed by atoms with E-state index in [4.69, 9.17) is 10.5 Å². The summed E-state index contributed by atoms with van der Waals surface area (Å²) in [6.07, 6.45) is 2.04. The first-order chi connectivity index (χ1) is 13.7. The molecule has 1 aromatic heterocycles. The number of carbonyl (C=O) groups is 1. The highest BCUT2D eigenvalue weighted by Crippen LogP contribution is 2.32. The normalized spacial score (nSPS) is 21.5. The van der Waals surface area contributed by atoms with Crippen molar-refractivity contribution in [2.75, 3.05) is 19.6 Å². The molecule has 2 N–H and O–H groups in total. The lowest BCUT2D eigenvalue weighted by Crippen LogP contribution is -2.50. The molecule has 0 radical (unpaired) electrons. The molecule has 2 aliphatic heterocycles. The van der Waals surface area contributed by atoms with Crippen LogP contribution in [0.3, 0.4) is 0 Å². The average Bonchev–Trinajstić information content (AvgIpc) is 3.40. The number of hydrogen-bond donors (Lipinski definition) is 1. The highest BCUT2D eigenvalue weighted by atomic mass is 32.1. The van der Waals surface area contributed by atoms with Gasteiger partial charge in [-0.25, -0.2) is 9.78 Å². The second-order valence-electron chi connectivity index (χ2n) is 7.47. The van der Waals surface area contributed by atoms with Crippen LogP contribution in [0.2, 0.25) is 0 Å². The van der Waals surface area contributed by atoms with Gasteiger partial charge in [-0.2, -0.15) is 0 Å². The number of urea groups is 1. The molecule has 2 amide bonds. The van der Waals surface area contributed by atoms with Gasteiger partial charge in [0.2, 0.25) is 0 Å². The summed E-state index contributed by atoms with van der Waals surface area (Å²) in [5.74, 6) is 0.806. The number of hydrogen-bond acceptors (Lipinski definition) is 5. The molecule has 6 nitrogen and oxygen atoms in total. The molecule has 0 aliphatic carbocycles. The van der Waals surface area contributed by atoms with E-state index in [0.29, 0.717) is 17.3 Å². The third-order valence-corrected chi connectivity index (χ3v) is 6.64. The third kappa shape index (κ3) is 3.31. The largest absolute Gasteiger partial charge is 0.431 e. The smallest absolute Gasteiger partial charge is 0.315 e. The van der Waals surface area contributed by atoms with E-state index in [1.54, 1.807) is 11.3 Å². The Balaban J connectivity index is 1.17. The van der Waals surface area contributed by atoms with Crippen LogP contribution in [0.15, 0.2) is 48.5 Å². The number of benzene rings is 2. The summed E-state index contributed by atoms with van der Waals surface area (Å²) >= 11 is 1.56. The van der Waals surface area contributed by atoms with Crippen LogP contribution in [-0.2, 0) is 6.42 Å². The van der Waals surface area contributed by atoms with E-state index in [0.717, 1.165) is 48.4 Å². The minimum atomic E-state index is -0.282. The lowest BCUT2D eigenvalue weighted by molar-refractivity contribution is 0.142. The van der Waals surface area contributed by atoms with Gasteiger partial charge in [0, 0.05) is 31.7 Å². The lowest BCUT2D eigenvalue weighted by atomic mass is 10.1. The molecule has 5 rings (SSSR count). The number of thiazole rings is 1. The molecule has 2 aromatic carbocycles. The molecule has 144 valence electrons. The minimum absolute atomic E-state index is 0.282. The molecule has 2 aliphatic rings. The molecule has 0 saturated carbocycles. The Morgan fingerprint density at radius 3 is 2.68 bits per heavy atom. The van der Waals surface area contributed by atoms with Gasteiger partial charge in [-0.05, 0) is 42.7 Å². The van der Waals surface area contributed by atoms with Gasteiger partial charge in [0.05, 0.1) is 10.2 Å². The van der Waals surface area contributed by atoms with E-state index >= 15 is 0 Å². The minimum Gasteiger partial charge on any atom is -0.431 e. The first-order valence-corrected chi connectivity index (χ1v) is 10.4. The zero-order valence-corrected chi connectivity index (χ0v) is 16.3. The second-order valence-corrected chi connectivity index (χ2v) is 8.47. The fraction of sp³-hybridized carbons (Fsp3) is 0.333. The Bertz CT molecular complexity index is 970. The number of nitrogens with two attached hydrogens (primary N) is 1. The molecule has 2 atom stereocenters. The van der Waals surface area contributed by atoms with Crippen LogP contribution in [0.5, 0.6) is 10.9 Å². The predicted octanol–water partition coefficient (Wildman–Crippen LogP) is 3.47. The lowest BCUT2D eigenvalue weighted by Gasteiger charge is -2.33. The maximum atomic E-state index is 11.4. The monoisotopic (exact) mass is 394 g/mol. The van der Waals surface area contributed by atoms with E-state index in [9.17, 15) is 4.79 Å². The Labute approximate surface area is 167 Å². The number of ether oxygens (including phenoxy) is 1. The molecule has 2 bridgehead atoms. The van der Waals surface area contributed by atoms with Crippen molar-refractivity contribution in [1.29, 1.82) is 0 Å². The van der Waals surface area contributed by atoms with Gasteiger partial charge < -0.3 is 15.4 Å². The van der Waals surface area contributed by atoms with E-state index in [2.05, 4.69) is 28.1 Å². The Morgan fingerprint density at radius 1 is 1.14 bits per heavy atom. The SMILES string of the molecule is NC(=O)N1C[C@H]2C[C@@H]1CN2CCc1ccc(Oc2nc3ccccc3s2)cc1. The van der Waals surface area contributed by atoms with Crippen molar-refractivity contribution in [3.63, 3.8) is 0 Å². The molecule has 3 aromatic rings. The first-order valence-electron chi connectivity index (χ1n) is 9.58. The summed E-state index contributed by atoms with van der Waals surface area (Å²) in [4.78, 5) is 20.2. The van der Waals surface area contributed by atoms with Crippen molar-refractivity contribution in [2.24, 2.45) is 5.73 Å². The van der Waals surface area contributed by atoms with E-state index in [1.807, 2.05) is 35.2 Å². The topological polar surface area (TPSA) is 71.7 Å². The summed E-state index contributed by atoms with van der Waals surface area (Å²) in [6.45, 7) is 2.72. The molecule has 2 saturated heterocycles. The zero-order valence-electron chi connectivity index (χ0n) is 15.5. The standard InChI is InChI=1S/C21H22N4O2S/c22-20(26)25-13-15-11-16(25)12-24(15)10-9-14-5-7-17(8-6-14)27-21-23-18-3-1-2-4-19(18)28-21/h1-8,15-16H,9-13H2,(H2,22,26)/t15-,16-/m1/s1. The van der Waals surface area contributed by atoms with Crippen molar-refractivity contribution < 1.29 is 9.53 Å². The van der Waals surface area contributed by atoms with Crippen LogP contribution >= 0.6 is 11.3 Å².